The maximum absolute atomic E-state index is 12.7. The summed E-state index contributed by atoms with van der Waals surface area (Å²) < 4.78 is 1.86. The number of nitrogens with one attached hydrogen (secondary N) is 2. The summed E-state index contributed by atoms with van der Waals surface area (Å²) in [5.74, 6) is 0.328. The maximum atomic E-state index is 12.7. The lowest BCUT2D eigenvalue weighted by atomic mass is 9.74. The number of aromatic nitrogens is 2. The minimum absolute atomic E-state index is 0.0746. The molecule has 2 fully saturated rings. The number of amides is 1. The maximum Gasteiger partial charge on any atom is 0.287 e. The molecule has 1 aromatic carbocycles. The van der Waals surface area contributed by atoms with E-state index < -0.39 is 5.91 Å². The van der Waals surface area contributed by atoms with Crippen LogP contribution in [-0.2, 0) is 9.59 Å². The number of fused-ring (bicyclic) bond motifs is 3. The van der Waals surface area contributed by atoms with E-state index in [9.17, 15) is 14.9 Å². The topological polar surface area (TPSA) is 124 Å². The van der Waals surface area contributed by atoms with Gasteiger partial charge in [0.15, 0.2) is 0 Å². The summed E-state index contributed by atoms with van der Waals surface area (Å²) in [5, 5.41) is 29.9. The Labute approximate surface area is 258 Å². The zero-order valence-electron chi connectivity index (χ0n) is 26.2. The van der Waals surface area contributed by atoms with Crippen molar-refractivity contribution in [1.29, 1.82) is 5.26 Å². The third-order valence-electron chi connectivity index (χ3n) is 9.16. The average molecular weight is 592 g/mol. The van der Waals surface area contributed by atoms with Crippen LogP contribution in [0.25, 0.3) is 16.8 Å². The first-order valence-electron chi connectivity index (χ1n) is 15.8. The summed E-state index contributed by atoms with van der Waals surface area (Å²) in [6, 6.07) is 14.7. The van der Waals surface area contributed by atoms with E-state index >= 15 is 0 Å². The first kappa shape index (κ1) is 29.7. The average Bonchev–Trinajstić information content (AvgIpc) is 3.67. The van der Waals surface area contributed by atoms with Crippen molar-refractivity contribution in [3.8, 4) is 17.3 Å². The number of carbonyl (C=O) groups excluding carboxylic acids is 2. The van der Waals surface area contributed by atoms with Gasteiger partial charge in [0.25, 0.3) is 5.91 Å². The van der Waals surface area contributed by atoms with Crippen LogP contribution in [0.5, 0.6) is 0 Å². The zero-order valence-corrected chi connectivity index (χ0v) is 26.2. The largest absolute Gasteiger partial charge is 0.382 e. The molecule has 3 aliphatic rings. The molecular formula is C35H41N7O2. The number of Topliss-reactive ketones (excluding diaryl/α,β-unsaturated/α-hetero) is 1. The van der Waals surface area contributed by atoms with Crippen molar-refractivity contribution in [3.05, 3.63) is 53.7 Å². The van der Waals surface area contributed by atoms with E-state index in [0.717, 1.165) is 65.1 Å². The minimum Gasteiger partial charge on any atom is -0.382 e. The van der Waals surface area contributed by atoms with Crippen LogP contribution in [0.3, 0.4) is 0 Å². The first-order chi connectivity index (χ1) is 21.0. The molecule has 2 aliphatic carbocycles. The van der Waals surface area contributed by atoms with E-state index in [0.29, 0.717) is 29.7 Å². The highest BCUT2D eigenvalue weighted by Gasteiger charge is 2.45. The molecule has 0 spiro atoms. The van der Waals surface area contributed by atoms with Crippen LogP contribution in [0.15, 0.2) is 52.8 Å². The van der Waals surface area contributed by atoms with Gasteiger partial charge in [0.2, 0.25) is 5.78 Å². The van der Waals surface area contributed by atoms with E-state index in [-0.39, 0.29) is 29.7 Å². The van der Waals surface area contributed by atoms with E-state index in [4.69, 9.17) is 5.10 Å². The normalized spacial score (nSPS) is 22.9. The lowest BCUT2D eigenvalue weighted by molar-refractivity contribution is -0.139. The van der Waals surface area contributed by atoms with Gasteiger partial charge in [-0.2, -0.15) is 20.6 Å². The van der Waals surface area contributed by atoms with Crippen LogP contribution in [0.2, 0.25) is 0 Å². The second-order valence-electron chi connectivity index (χ2n) is 14.2. The van der Waals surface area contributed by atoms with Crippen LogP contribution < -0.4 is 10.6 Å². The molecule has 2 N–H and O–H groups in total. The molecule has 4 atom stereocenters. The fourth-order valence-corrected chi connectivity index (χ4v) is 7.24. The fraction of sp³-hybridized carbons (Fsp3) is 0.486. The fourth-order valence-electron chi connectivity index (χ4n) is 7.24. The standard InChI is InChI=1S/C35H41N7O2/c1-20(2)38-29-15-22(31-11-9-26-12-21(18-36)19-37-42(26)31)8-10-27(29)30-16-28(40-41-30)25-13-23-6-7-24(14-25)33(23)39-34(44)32(43)17-35(3,4)5/h8-12,15,19-20,23-25,33,38H,6-7,13-14,16-17H2,1-5H3,(H,39,44)/t23-,24+,25?,33?. The summed E-state index contributed by atoms with van der Waals surface area (Å²) >= 11 is 0. The van der Waals surface area contributed by atoms with Gasteiger partial charge >= 0.3 is 0 Å². The van der Waals surface area contributed by atoms with Gasteiger partial charge in [-0.25, -0.2) is 4.52 Å². The van der Waals surface area contributed by atoms with Crippen LogP contribution in [-0.4, -0.2) is 44.8 Å². The molecule has 3 aromatic rings. The molecule has 9 heteroatoms. The van der Waals surface area contributed by atoms with Crippen molar-refractivity contribution in [2.24, 2.45) is 33.4 Å². The Hall–Kier alpha value is -4.32. The van der Waals surface area contributed by atoms with E-state index in [2.05, 4.69) is 58.9 Å². The quantitative estimate of drug-likeness (QED) is 0.303. The van der Waals surface area contributed by atoms with Gasteiger partial charge in [-0.05, 0) is 81.0 Å². The van der Waals surface area contributed by atoms with Crippen molar-refractivity contribution in [2.75, 3.05) is 5.32 Å². The van der Waals surface area contributed by atoms with Gasteiger partial charge in [0, 0.05) is 53.4 Å². The van der Waals surface area contributed by atoms with Crippen LogP contribution in [0.1, 0.15) is 84.3 Å². The second-order valence-corrected chi connectivity index (χ2v) is 14.2. The van der Waals surface area contributed by atoms with Gasteiger partial charge in [0.1, 0.15) is 6.07 Å². The molecular weight excluding hydrogens is 550 g/mol. The number of carbonyl (C=O) groups is 2. The van der Waals surface area contributed by atoms with Crippen LogP contribution in [0, 0.1) is 34.5 Å². The van der Waals surface area contributed by atoms with Gasteiger partial charge in [-0.1, -0.05) is 32.9 Å². The highest BCUT2D eigenvalue weighted by Crippen LogP contribution is 2.46. The highest BCUT2D eigenvalue weighted by molar-refractivity contribution is 6.36. The van der Waals surface area contributed by atoms with Crippen LogP contribution >= 0.6 is 0 Å². The Bertz CT molecular complexity index is 1700. The Morgan fingerprint density at radius 2 is 1.82 bits per heavy atom. The molecule has 2 aromatic heterocycles. The number of hydrogen-bond acceptors (Lipinski definition) is 7. The number of anilines is 1. The summed E-state index contributed by atoms with van der Waals surface area (Å²) in [6.07, 6.45) is 6.64. The number of nitriles is 1. The summed E-state index contributed by atoms with van der Waals surface area (Å²) in [5.41, 5.74) is 7.31. The molecule has 1 aliphatic heterocycles. The summed E-state index contributed by atoms with van der Waals surface area (Å²) in [6.45, 7) is 10.2. The predicted molar refractivity (Wildman–Crippen MR) is 173 cm³/mol. The lowest BCUT2D eigenvalue weighted by Crippen LogP contribution is -2.48. The number of hydrogen-bond donors (Lipinski definition) is 2. The third kappa shape index (κ3) is 6.03. The molecule has 6 rings (SSSR count). The predicted octanol–water partition coefficient (Wildman–Crippen LogP) is 6.17. The summed E-state index contributed by atoms with van der Waals surface area (Å²) in [7, 11) is 0. The monoisotopic (exact) mass is 591 g/mol. The first-order valence-corrected chi connectivity index (χ1v) is 15.8. The molecule has 0 radical (unpaired) electrons. The molecule has 2 bridgehead atoms. The molecule has 1 amide bonds. The smallest absolute Gasteiger partial charge is 0.287 e. The van der Waals surface area contributed by atoms with Gasteiger partial charge < -0.3 is 10.6 Å². The van der Waals surface area contributed by atoms with Crippen molar-refractivity contribution in [1.82, 2.24) is 14.9 Å². The van der Waals surface area contributed by atoms with E-state index in [1.165, 1.54) is 0 Å². The second kappa shape index (κ2) is 11.6. The van der Waals surface area contributed by atoms with Gasteiger partial charge in [0.05, 0.1) is 28.7 Å². The minimum atomic E-state index is -0.423. The van der Waals surface area contributed by atoms with E-state index in [1.54, 1.807) is 6.20 Å². The number of ketones is 1. The number of benzene rings is 1. The van der Waals surface area contributed by atoms with Crippen LogP contribution in [0.4, 0.5) is 5.69 Å². The van der Waals surface area contributed by atoms with Crippen molar-refractivity contribution >= 4 is 34.3 Å². The van der Waals surface area contributed by atoms with Gasteiger partial charge in [-0.3, -0.25) is 9.59 Å². The van der Waals surface area contributed by atoms with Crippen molar-refractivity contribution in [3.63, 3.8) is 0 Å². The Kier molecular flexibility index (Phi) is 7.87. The van der Waals surface area contributed by atoms with E-state index in [1.807, 2.05) is 43.5 Å². The highest BCUT2D eigenvalue weighted by atomic mass is 16.2. The third-order valence-corrected chi connectivity index (χ3v) is 9.16. The lowest BCUT2D eigenvalue weighted by Gasteiger charge is -2.35. The molecule has 0 saturated heterocycles. The number of nitrogens with zero attached hydrogens (tertiary/aromatic N) is 5. The summed E-state index contributed by atoms with van der Waals surface area (Å²) in [4.78, 5) is 25.2. The molecule has 44 heavy (non-hydrogen) atoms. The molecule has 9 nitrogen and oxygen atoms in total. The molecule has 228 valence electrons. The Morgan fingerprint density at radius 3 is 2.50 bits per heavy atom. The Morgan fingerprint density at radius 1 is 1.07 bits per heavy atom. The number of rotatable bonds is 8. The SMILES string of the molecule is CC(C)Nc1cc(-c2ccc3cc(C#N)cnn23)ccc1C1=NN=C(C2C[C@H]3CC[C@@H](C2)C3NC(=O)C(=O)CC(C)(C)C)C1. The van der Waals surface area contributed by atoms with Crippen molar-refractivity contribution in [2.45, 2.75) is 85.2 Å². The molecule has 2 unspecified atom stereocenters. The molecule has 2 saturated carbocycles. The Balaban J connectivity index is 1.15. The van der Waals surface area contributed by atoms with Gasteiger partial charge in [-0.15, -0.1) is 0 Å². The molecule has 3 heterocycles. The zero-order chi connectivity index (χ0) is 31.2. The van der Waals surface area contributed by atoms with Crippen molar-refractivity contribution < 1.29 is 9.59 Å².